The highest BCUT2D eigenvalue weighted by atomic mass is 79.9. The topological polar surface area (TPSA) is 43.9 Å². The molecule has 4 nitrogen and oxygen atoms in total. The zero-order chi connectivity index (χ0) is 14.3. The summed E-state index contributed by atoms with van der Waals surface area (Å²) in [6.45, 7) is 2.26. The molecule has 3 rings (SSSR count). The molecule has 0 amide bonds. The normalized spacial score (nSPS) is 11.4. The van der Waals surface area contributed by atoms with Crippen molar-refractivity contribution in [2.24, 2.45) is 0 Å². The molecular formula is C13H10BrClFN3O. The molecule has 0 spiro atoms. The summed E-state index contributed by atoms with van der Waals surface area (Å²) in [4.78, 5) is 4.41. The van der Waals surface area contributed by atoms with Crippen LogP contribution in [0.4, 0.5) is 4.39 Å². The second-order valence-corrected chi connectivity index (χ2v) is 5.56. The summed E-state index contributed by atoms with van der Waals surface area (Å²) in [6, 6.07) is 4.91. The van der Waals surface area contributed by atoms with Gasteiger partial charge in [0, 0.05) is 12.1 Å². The Morgan fingerprint density at radius 1 is 1.40 bits per heavy atom. The van der Waals surface area contributed by atoms with Gasteiger partial charge < -0.3 is 9.09 Å². The smallest absolute Gasteiger partial charge is 0.156 e. The number of imidazole rings is 1. The minimum absolute atomic E-state index is 0.237. The fourth-order valence-corrected chi connectivity index (χ4v) is 2.63. The third kappa shape index (κ3) is 2.33. The number of hydrogen-bond donors (Lipinski definition) is 0. The number of rotatable bonds is 3. The Balaban J connectivity index is 2.14. The van der Waals surface area contributed by atoms with E-state index >= 15 is 0 Å². The minimum atomic E-state index is -0.339. The Bertz CT molecular complexity index is 783. The first-order valence-electron chi connectivity index (χ1n) is 5.91. The molecule has 0 atom stereocenters. The number of aromatic nitrogens is 3. The molecule has 0 saturated heterocycles. The number of benzene rings is 1. The number of hydrogen-bond acceptors (Lipinski definition) is 3. The summed E-state index contributed by atoms with van der Waals surface area (Å²) in [7, 11) is 0. The summed E-state index contributed by atoms with van der Waals surface area (Å²) in [5.74, 6) is 1.24. The first-order chi connectivity index (χ1) is 9.58. The van der Waals surface area contributed by atoms with E-state index in [1.165, 1.54) is 6.07 Å². The van der Waals surface area contributed by atoms with Gasteiger partial charge in [-0.2, -0.15) is 0 Å². The van der Waals surface area contributed by atoms with Crippen LogP contribution < -0.4 is 0 Å². The van der Waals surface area contributed by atoms with E-state index in [9.17, 15) is 4.39 Å². The van der Waals surface area contributed by atoms with Crippen LogP contribution in [0, 0.1) is 12.7 Å². The van der Waals surface area contributed by atoms with Crippen molar-refractivity contribution in [3.05, 3.63) is 45.8 Å². The quantitative estimate of drug-likeness (QED) is 0.664. The zero-order valence-corrected chi connectivity index (χ0v) is 12.9. The van der Waals surface area contributed by atoms with Crippen LogP contribution in [0.2, 0.25) is 0 Å². The van der Waals surface area contributed by atoms with Crippen LogP contribution in [0.5, 0.6) is 0 Å². The SMILES string of the molecule is Cc1cc(Cn2c(CCl)nc3cc(Br)c(F)cc32)on1. The molecule has 0 N–H and O–H groups in total. The molecule has 0 aliphatic carbocycles. The van der Waals surface area contributed by atoms with Crippen molar-refractivity contribution >= 4 is 38.6 Å². The maximum atomic E-state index is 13.7. The lowest BCUT2D eigenvalue weighted by Gasteiger charge is -2.05. The molecule has 3 aromatic rings. The van der Waals surface area contributed by atoms with Crippen LogP contribution in [0.3, 0.4) is 0 Å². The average Bonchev–Trinajstić information content (AvgIpc) is 2.96. The Hall–Kier alpha value is -1.40. The Morgan fingerprint density at radius 3 is 2.85 bits per heavy atom. The monoisotopic (exact) mass is 357 g/mol. The summed E-state index contributed by atoms with van der Waals surface area (Å²) < 4.78 is 21.1. The van der Waals surface area contributed by atoms with Gasteiger partial charge in [-0.15, -0.1) is 11.6 Å². The van der Waals surface area contributed by atoms with E-state index in [0.29, 0.717) is 33.6 Å². The van der Waals surface area contributed by atoms with Gasteiger partial charge in [0.05, 0.1) is 33.6 Å². The van der Waals surface area contributed by atoms with E-state index < -0.39 is 0 Å². The van der Waals surface area contributed by atoms with Crippen molar-refractivity contribution in [2.75, 3.05) is 0 Å². The molecule has 0 aliphatic heterocycles. The third-order valence-electron chi connectivity index (χ3n) is 2.98. The molecule has 1 aromatic carbocycles. The first-order valence-corrected chi connectivity index (χ1v) is 7.23. The van der Waals surface area contributed by atoms with Crippen LogP contribution in [0.15, 0.2) is 27.2 Å². The van der Waals surface area contributed by atoms with Gasteiger partial charge in [0.25, 0.3) is 0 Å². The maximum Gasteiger partial charge on any atom is 0.156 e. The fourth-order valence-electron chi connectivity index (χ4n) is 2.10. The van der Waals surface area contributed by atoms with E-state index in [4.69, 9.17) is 16.1 Å². The molecule has 0 aliphatic rings. The molecule has 0 bridgehead atoms. The van der Waals surface area contributed by atoms with Gasteiger partial charge in [-0.1, -0.05) is 5.16 Å². The molecule has 0 radical (unpaired) electrons. The number of nitrogens with zero attached hydrogens (tertiary/aromatic N) is 3. The van der Waals surface area contributed by atoms with E-state index in [1.807, 2.05) is 17.6 Å². The molecule has 104 valence electrons. The van der Waals surface area contributed by atoms with Crippen LogP contribution >= 0.6 is 27.5 Å². The van der Waals surface area contributed by atoms with Gasteiger partial charge in [0.2, 0.25) is 0 Å². The third-order valence-corrected chi connectivity index (χ3v) is 3.83. The van der Waals surface area contributed by atoms with Gasteiger partial charge in [0.15, 0.2) is 5.76 Å². The zero-order valence-electron chi connectivity index (χ0n) is 10.5. The molecule has 0 unspecified atom stereocenters. The highest BCUT2D eigenvalue weighted by molar-refractivity contribution is 9.10. The lowest BCUT2D eigenvalue weighted by atomic mass is 10.3. The fraction of sp³-hybridized carbons (Fsp3) is 0.231. The van der Waals surface area contributed by atoms with Crippen molar-refractivity contribution in [3.63, 3.8) is 0 Å². The Labute approximate surface area is 127 Å². The number of halogens is 3. The molecule has 20 heavy (non-hydrogen) atoms. The van der Waals surface area contributed by atoms with Crippen LogP contribution in [-0.2, 0) is 12.4 Å². The van der Waals surface area contributed by atoms with Crippen LogP contribution in [-0.4, -0.2) is 14.7 Å². The lowest BCUT2D eigenvalue weighted by molar-refractivity contribution is 0.373. The summed E-state index contributed by atoms with van der Waals surface area (Å²) >= 11 is 9.08. The summed E-state index contributed by atoms with van der Waals surface area (Å²) in [5.41, 5.74) is 2.16. The second-order valence-electron chi connectivity index (χ2n) is 4.44. The summed E-state index contributed by atoms with van der Waals surface area (Å²) in [5, 5.41) is 3.84. The molecular weight excluding hydrogens is 349 g/mol. The van der Waals surface area contributed by atoms with Crippen molar-refractivity contribution in [2.45, 2.75) is 19.3 Å². The van der Waals surface area contributed by atoms with E-state index in [1.54, 1.807) is 6.07 Å². The Kier molecular flexibility index (Phi) is 3.52. The largest absolute Gasteiger partial charge is 0.359 e. The molecule has 0 fully saturated rings. The van der Waals surface area contributed by atoms with Gasteiger partial charge in [-0.05, 0) is 28.9 Å². The number of alkyl halides is 1. The van der Waals surface area contributed by atoms with Crippen molar-refractivity contribution < 1.29 is 8.91 Å². The standard InChI is InChI=1S/C13H10BrClFN3O/c1-7-2-8(20-18-7)6-19-12-4-10(16)9(14)3-11(12)17-13(19)5-15/h2-4H,5-6H2,1H3. The van der Waals surface area contributed by atoms with Crippen molar-refractivity contribution in [1.29, 1.82) is 0 Å². The van der Waals surface area contributed by atoms with E-state index in [2.05, 4.69) is 26.1 Å². The predicted molar refractivity (Wildman–Crippen MR) is 77.3 cm³/mol. The molecule has 2 aromatic heterocycles. The predicted octanol–water partition coefficient (Wildman–Crippen LogP) is 4.02. The first kappa shape index (κ1) is 13.6. The minimum Gasteiger partial charge on any atom is -0.359 e. The second kappa shape index (κ2) is 5.18. The van der Waals surface area contributed by atoms with Gasteiger partial charge in [-0.25, -0.2) is 9.37 Å². The van der Waals surface area contributed by atoms with Crippen LogP contribution in [0.25, 0.3) is 11.0 Å². The van der Waals surface area contributed by atoms with Crippen LogP contribution in [0.1, 0.15) is 17.3 Å². The number of aryl methyl sites for hydroxylation is 1. The number of fused-ring (bicyclic) bond motifs is 1. The maximum absolute atomic E-state index is 13.7. The van der Waals surface area contributed by atoms with E-state index in [0.717, 1.165) is 5.69 Å². The molecule has 7 heteroatoms. The van der Waals surface area contributed by atoms with Crippen molar-refractivity contribution in [3.8, 4) is 0 Å². The lowest BCUT2D eigenvalue weighted by Crippen LogP contribution is -2.03. The highest BCUT2D eigenvalue weighted by Gasteiger charge is 2.14. The molecule has 2 heterocycles. The summed E-state index contributed by atoms with van der Waals surface area (Å²) in [6.07, 6.45) is 0. The Morgan fingerprint density at radius 2 is 2.20 bits per heavy atom. The van der Waals surface area contributed by atoms with Crippen molar-refractivity contribution in [1.82, 2.24) is 14.7 Å². The molecule has 0 saturated carbocycles. The van der Waals surface area contributed by atoms with Gasteiger partial charge >= 0.3 is 0 Å². The average molecular weight is 359 g/mol. The highest BCUT2D eigenvalue weighted by Crippen LogP contribution is 2.25. The van der Waals surface area contributed by atoms with Gasteiger partial charge in [-0.3, -0.25) is 0 Å². The van der Waals surface area contributed by atoms with Gasteiger partial charge in [0.1, 0.15) is 11.6 Å². The van der Waals surface area contributed by atoms with E-state index in [-0.39, 0.29) is 11.7 Å².